The van der Waals surface area contributed by atoms with Crippen molar-refractivity contribution in [2.75, 3.05) is 0 Å². The fourth-order valence-corrected chi connectivity index (χ4v) is 1.18. The molecule has 2 heteroatoms. The second kappa shape index (κ2) is 14.7. The van der Waals surface area contributed by atoms with Crippen LogP contribution >= 0.6 is 0 Å². The van der Waals surface area contributed by atoms with Gasteiger partial charge in [-0.25, -0.2) is 4.79 Å². The van der Waals surface area contributed by atoms with Crippen molar-refractivity contribution < 1.29 is 9.90 Å². The average Bonchev–Trinajstić information content (AvgIpc) is 3.27. The van der Waals surface area contributed by atoms with Gasteiger partial charge in [-0.05, 0) is 19.3 Å². The SMILES string of the molecule is C1=CCC=C1.C1=CCC=C1.C1=CCC=C1.C=CC(=O)O. The van der Waals surface area contributed by atoms with Crippen molar-refractivity contribution in [1.82, 2.24) is 0 Å². The maximum absolute atomic E-state index is 9.25. The molecule has 0 saturated heterocycles. The van der Waals surface area contributed by atoms with Gasteiger partial charge in [0, 0.05) is 6.08 Å². The van der Waals surface area contributed by atoms with E-state index in [-0.39, 0.29) is 0 Å². The van der Waals surface area contributed by atoms with Gasteiger partial charge in [-0.15, -0.1) is 0 Å². The van der Waals surface area contributed by atoms with Gasteiger partial charge in [0.25, 0.3) is 0 Å². The van der Waals surface area contributed by atoms with E-state index in [1.807, 2.05) is 0 Å². The molecule has 0 spiro atoms. The molecule has 20 heavy (non-hydrogen) atoms. The van der Waals surface area contributed by atoms with Crippen molar-refractivity contribution in [3.05, 3.63) is 85.6 Å². The van der Waals surface area contributed by atoms with Gasteiger partial charge in [0.05, 0.1) is 0 Å². The fourth-order valence-electron chi connectivity index (χ4n) is 1.18. The average molecular weight is 270 g/mol. The van der Waals surface area contributed by atoms with Crippen LogP contribution in [0.15, 0.2) is 85.6 Å². The molecule has 0 saturated carbocycles. The molecule has 0 atom stereocenters. The highest BCUT2D eigenvalue weighted by Gasteiger charge is 1.74. The summed E-state index contributed by atoms with van der Waals surface area (Å²) in [6.07, 6.45) is 29.3. The van der Waals surface area contributed by atoms with Crippen molar-refractivity contribution in [3.8, 4) is 0 Å². The first-order valence-corrected chi connectivity index (χ1v) is 6.57. The van der Waals surface area contributed by atoms with Crippen LogP contribution in [0.4, 0.5) is 0 Å². The number of carboxylic acid groups (broad SMARTS) is 1. The van der Waals surface area contributed by atoms with Crippen LogP contribution in [-0.2, 0) is 4.79 Å². The molecule has 0 aromatic rings. The monoisotopic (exact) mass is 270 g/mol. The first kappa shape index (κ1) is 17.6. The number of carboxylic acids is 1. The zero-order valence-electron chi connectivity index (χ0n) is 11.7. The Hall–Kier alpha value is -2.35. The summed E-state index contributed by atoms with van der Waals surface area (Å²) >= 11 is 0. The lowest BCUT2D eigenvalue weighted by Gasteiger charge is -1.64. The molecule has 106 valence electrons. The maximum atomic E-state index is 9.25. The Balaban J connectivity index is 0.000000241. The lowest BCUT2D eigenvalue weighted by molar-refractivity contribution is -0.131. The third-order valence-electron chi connectivity index (χ3n) is 2.14. The summed E-state index contributed by atoms with van der Waals surface area (Å²) in [5, 5.41) is 7.60. The van der Waals surface area contributed by atoms with Gasteiger partial charge < -0.3 is 5.11 Å². The van der Waals surface area contributed by atoms with E-state index in [4.69, 9.17) is 5.11 Å². The van der Waals surface area contributed by atoms with Gasteiger partial charge in [-0.2, -0.15) is 0 Å². The predicted octanol–water partition coefficient (Wildman–Crippen LogP) is 4.76. The molecule has 0 aromatic carbocycles. The molecule has 3 aliphatic carbocycles. The summed E-state index contributed by atoms with van der Waals surface area (Å²) in [7, 11) is 0. The molecule has 0 radical (unpaired) electrons. The van der Waals surface area contributed by atoms with Crippen LogP contribution in [0.1, 0.15) is 19.3 Å². The van der Waals surface area contributed by atoms with Gasteiger partial charge >= 0.3 is 5.97 Å². The number of rotatable bonds is 1. The molecule has 1 N–H and O–H groups in total. The number of carbonyl (C=O) groups is 1. The Labute approximate surface area is 121 Å². The molecule has 0 heterocycles. The van der Waals surface area contributed by atoms with Gasteiger partial charge in [0.15, 0.2) is 0 Å². The lowest BCUT2D eigenvalue weighted by atomic mass is 10.5. The highest BCUT2D eigenvalue weighted by atomic mass is 16.4. The van der Waals surface area contributed by atoms with Gasteiger partial charge in [-0.3, -0.25) is 0 Å². The molecular formula is C18H22O2. The topological polar surface area (TPSA) is 37.3 Å². The van der Waals surface area contributed by atoms with E-state index in [2.05, 4.69) is 79.5 Å². The van der Waals surface area contributed by atoms with Crippen molar-refractivity contribution in [3.63, 3.8) is 0 Å². The molecule has 2 nitrogen and oxygen atoms in total. The Kier molecular flexibility index (Phi) is 13.0. The van der Waals surface area contributed by atoms with Crippen LogP contribution < -0.4 is 0 Å². The van der Waals surface area contributed by atoms with E-state index in [1.54, 1.807) is 0 Å². The van der Waals surface area contributed by atoms with E-state index in [0.717, 1.165) is 25.3 Å². The largest absolute Gasteiger partial charge is 0.478 e. The molecular weight excluding hydrogens is 248 g/mol. The van der Waals surface area contributed by atoms with Crippen LogP contribution in [0.5, 0.6) is 0 Å². The van der Waals surface area contributed by atoms with E-state index in [0.29, 0.717) is 0 Å². The summed E-state index contributed by atoms with van der Waals surface area (Å²) in [5.74, 6) is -0.981. The second-order valence-electron chi connectivity index (χ2n) is 3.82. The molecule has 0 amide bonds. The van der Waals surface area contributed by atoms with Crippen LogP contribution in [-0.4, -0.2) is 11.1 Å². The minimum Gasteiger partial charge on any atom is -0.478 e. The quantitative estimate of drug-likeness (QED) is 0.697. The summed E-state index contributed by atoms with van der Waals surface area (Å²) < 4.78 is 0. The number of hydrogen-bond donors (Lipinski definition) is 1. The minimum atomic E-state index is -0.981. The smallest absolute Gasteiger partial charge is 0.327 e. The molecule has 0 unspecified atom stereocenters. The number of allylic oxidation sites excluding steroid dienone is 12. The highest BCUT2D eigenvalue weighted by molar-refractivity contribution is 5.78. The third-order valence-corrected chi connectivity index (χ3v) is 2.14. The molecule has 0 aliphatic heterocycles. The third kappa shape index (κ3) is 15.6. The number of aliphatic carboxylic acids is 1. The van der Waals surface area contributed by atoms with Crippen molar-refractivity contribution >= 4 is 5.97 Å². The van der Waals surface area contributed by atoms with Crippen LogP contribution in [0.2, 0.25) is 0 Å². The van der Waals surface area contributed by atoms with E-state index >= 15 is 0 Å². The van der Waals surface area contributed by atoms with E-state index in [1.165, 1.54) is 0 Å². The summed E-state index contributed by atoms with van der Waals surface area (Å²) in [6, 6.07) is 0. The van der Waals surface area contributed by atoms with Crippen LogP contribution in [0.25, 0.3) is 0 Å². The predicted molar refractivity (Wildman–Crippen MR) is 86.5 cm³/mol. The summed E-state index contributed by atoms with van der Waals surface area (Å²) in [5.41, 5.74) is 0. The molecule has 3 aliphatic rings. The normalized spacial score (nSPS) is 14.8. The molecule has 0 aromatic heterocycles. The Morgan fingerprint density at radius 3 is 1.00 bits per heavy atom. The number of hydrogen-bond acceptors (Lipinski definition) is 1. The Morgan fingerprint density at radius 1 is 0.750 bits per heavy atom. The minimum absolute atomic E-state index is 0.833. The van der Waals surface area contributed by atoms with Crippen molar-refractivity contribution in [2.45, 2.75) is 19.3 Å². The zero-order chi connectivity index (χ0) is 14.9. The maximum Gasteiger partial charge on any atom is 0.327 e. The standard InChI is InChI=1S/3C5H6.C3H4O2/c3*1-2-4-5-3-1;1-2-3(4)5/h3*1-4H,5H2;2H,1H2,(H,4,5). The zero-order valence-corrected chi connectivity index (χ0v) is 11.7. The Morgan fingerprint density at radius 2 is 0.950 bits per heavy atom. The van der Waals surface area contributed by atoms with Crippen LogP contribution in [0.3, 0.4) is 0 Å². The van der Waals surface area contributed by atoms with Crippen molar-refractivity contribution in [1.29, 1.82) is 0 Å². The van der Waals surface area contributed by atoms with Gasteiger partial charge in [0.2, 0.25) is 0 Å². The summed E-state index contributed by atoms with van der Waals surface area (Å²) in [4.78, 5) is 9.25. The fraction of sp³-hybridized carbons (Fsp3) is 0.167. The molecule has 0 bridgehead atoms. The molecule has 3 rings (SSSR count). The van der Waals surface area contributed by atoms with E-state index < -0.39 is 5.97 Å². The summed E-state index contributed by atoms with van der Waals surface area (Å²) in [6.45, 7) is 2.96. The lowest BCUT2D eigenvalue weighted by Crippen LogP contribution is -1.82. The Bertz CT molecular complexity index is 350. The van der Waals surface area contributed by atoms with Crippen molar-refractivity contribution in [2.24, 2.45) is 0 Å². The highest BCUT2D eigenvalue weighted by Crippen LogP contribution is 1.94. The first-order chi connectivity index (χ1) is 9.77. The first-order valence-electron chi connectivity index (χ1n) is 6.57. The van der Waals surface area contributed by atoms with E-state index in [9.17, 15) is 4.79 Å². The van der Waals surface area contributed by atoms with Crippen LogP contribution in [0, 0.1) is 0 Å². The molecule has 0 fully saturated rings. The van der Waals surface area contributed by atoms with Gasteiger partial charge in [0.1, 0.15) is 0 Å². The second-order valence-corrected chi connectivity index (χ2v) is 3.82. The van der Waals surface area contributed by atoms with Gasteiger partial charge in [-0.1, -0.05) is 79.5 Å².